The molecule has 0 aromatic heterocycles. The highest BCUT2D eigenvalue weighted by Gasteiger charge is 2.10. The highest BCUT2D eigenvalue weighted by molar-refractivity contribution is 6.30. The molecule has 0 spiro atoms. The average molecular weight is 186 g/mol. The molecule has 2 nitrogen and oxygen atoms in total. The van der Waals surface area contributed by atoms with Crippen LogP contribution in [0.2, 0.25) is 5.02 Å². The van der Waals surface area contributed by atoms with E-state index in [4.69, 9.17) is 17.3 Å². The lowest BCUT2D eigenvalue weighted by atomic mass is 10.0. The summed E-state index contributed by atoms with van der Waals surface area (Å²) in [6.45, 7) is 1.67. The van der Waals surface area contributed by atoms with Crippen molar-refractivity contribution >= 4 is 11.6 Å². The lowest BCUT2D eigenvalue weighted by molar-refractivity contribution is 0.164. The Morgan fingerprint density at radius 2 is 1.83 bits per heavy atom. The maximum atomic E-state index is 9.19. The van der Waals surface area contributed by atoms with Gasteiger partial charge in [-0.2, -0.15) is 0 Å². The zero-order chi connectivity index (χ0) is 9.14. The van der Waals surface area contributed by atoms with Crippen LogP contribution in [0.5, 0.6) is 0 Å². The van der Waals surface area contributed by atoms with Gasteiger partial charge in [-0.3, -0.25) is 0 Å². The largest absolute Gasteiger partial charge is 0.391 e. The lowest BCUT2D eigenvalue weighted by Gasteiger charge is -2.14. The van der Waals surface area contributed by atoms with E-state index in [1.165, 1.54) is 0 Å². The second-order valence-corrected chi connectivity index (χ2v) is 3.25. The van der Waals surface area contributed by atoms with Crippen LogP contribution in [0.15, 0.2) is 24.3 Å². The molecule has 12 heavy (non-hydrogen) atoms. The highest BCUT2D eigenvalue weighted by Crippen LogP contribution is 2.16. The van der Waals surface area contributed by atoms with Crippen molar-refractivity contribution in [1.82, 2.24) is 0 Å². The van der Waals surface area contributed by atoms with Crippen LogP contribution < -0.4 is 5.73 Å². The molecule has 0 saturated carbocycles. The SMILES string of the molecule is CC(O)[C@@H](N)c1ccc(Cl)cc1. The molecule has 1 aromatic rings. The number of aliphatic hydroxyl groups is 1. The minimum Gasteiger partial charge on any atom is -0.391 e. The van der Waals surface area contributed by atoms with Crippen LogP contribution in [0.25, 0.3) is 0 Å². The number of aliphatic hydroxyl groups excluding tert-OH is 1. The Morgan fingerprint density at radius 3 is 2.25 bits per heavy atom. The van der Waals surface area contributed by atoms with Crippen molar-refractivity contribution in [3.63, 3.8) is 0 Å². The molecule has 0 saturated heterocycles. The van der Waals surface area contributed by atoms with Gasteiger partial charge in [-0.15, -0.1) is 0 Å². The van der Waals surface area contributed by atoms with Crippen LogP contribution in [0.3, 0.4) is 0 Å². The van der Waals surface area contributed by atoms with Crippen molar-refractivity contribution in [3.05, 3.63) is 34.9 Å². The van der Waals surface area contributed by atoms with Gasteiger partial charge in [0.25, 0.3) is 0 Å². The summed E-state index contributed by atoms with van der Waals surface area (Å²) in [7, 11) is 0. The average Bonchev–Trinajstić information content (AvgIpc) is 2.04. The summed E-state index contributed by atoms with van der Waals surface area (Å²) in [4.78, 5) is 0. The number of nitrogens with two attached hydrogens (primary N) is 1. The Morgan fingerprint density at radius 1 is 1.33 bits per heavy atom. The normalized spacial score (nSPS) is 15.7. The summed E-state index contributed by atoms with van der Waals surface area (Å²) in [5.74, 6) is 0. The molecule has 0 aliphatic rings. The Hall–Kier alpha value is -0.570. The van der Waals surface area contributed by atoms with E-state index < -0.39 is 6.10 Å². The molecule has 0 aliphatic carbocycles. The fourth-order valence-corrected chi connectivity index (χ4v) is 1.09. The van der Waals surface area contributed by atoms with Crippen LogP contribution >= 0.6 is 11.6 Å². The smallest absolute Gasteiger partial charge is 0.0704 e. The Kier molecular flexibility index (Phi) is 3.09. The van der Waals surface area contributed by atoms with Gasteiger partial charge in [0.05, 0.1) is 12.1 Å². The fraction of sp³-hybridized carbons (Fsp3) is 0.333. The lowest BCUT2D eigenvalue weighted by Crippen LogP contribution is -2.22. The molecule has 1 aromatic carbocycles. The summed E-state index contributed by atoms with van der Waals surface area (Å²) in [6.07, 6.45) is -0.536. The molecule has 0 amide bonds. The van der Waals surface area contributed by atoms with Crippen molar-refractivity contribution < 1.29 is 5.11 Å². The van der Waals surface area contributed by atoms with E-state index in [2.05, 4.69) is 0 Å². The fourth-order valence-electron chi connectivity index (χ4n) is 0.964. The van der Waals surface area contributed by atoms with E-state index in [0.717, 1.165) is 5.56 Å². The highest BCUT2D eigenvalue weighted by atomic mass is 35.5. The summed E-state index contributed by atoms with van der Waals surface area (Å²) < 4.78 is 0. The molecule has 0 bridgehead atoms. The molecule has 3 N–H and O–H groups in total. The van der Waals surface area contributed by atoms with Gasteiger partial charge in [-0.05, 0) is 24.6 Å². The topological polar surface area (TPSA) is 46.2 Å². The van der Waals surface area contributed by atoms with E-state index in [9.17, 15) is 5.11 Å². The molecule has 0 fully saturated rings. The van der Waals surface area contributed by atoms with E-state index in [-0.39, 0.29) is 6.04 Å². The van der Waals surface area contributed by atoms with Crippen LogP contribution in [0, 0.1) is 0 Å². The predicted molar refractivity (Wildman–Crippen MR) is 50.1 cm³/mol. The van der Waals surface area contributed by atoms with Gasteiger partial charge in [0.2, 0.25) is 0 Å². The van der Waals surface area contributed by atoms with Gasteiger partial charge in [-0.25, -0.2) is 0 Å². The van der Waals surface area contributed by atoms with Gasteiger partial charge < -0.3 is 10.8 Å². The quantitative estimate of drug-likeness (QED) is 0.737. The number of benzene rings is 1. The molecule has 0 radical (unpaired) electrons. The molecular weight excluding hydrogens is 174 g/mol. The van der Waals surface area contributed by atoms with E-state index in [1.807, 2.05) is 12.1 Å². The maximum absolute atomic E-state index is 9.19. The number of hydrogen-bond donors (Lipinski definition) is 2. The van der Waals surface area contributed by atoms with Crippen LogP contribution in [-0.4, -0.2) is 11.2 Å². The zero-order valence-electron chi connectivity index (χ0n) is 6.87. The number of hydrogen-bond acceptors (Lipinski definition) is 2. The van der Waals surface area contributed by atoms with Gasteiger partial charge in [0, 0.05) is 5.02 Å². The predicted octanol–water partition coefficient (Wildman–Crippen LogP) is 1.72. The summed E-state index contributed by atoms with van der Waals surface area (Å²) >= 11 is 5.69. The van der Waals surface area contributed by atoms with E-state index in [0.29, 0.717) is 5.02 Å². The Balaban J connectivity index is 2.82. The van der Waals surface area contributed by atoms with Gasteiger partial charge in [0.1, 0.15) is 0 Å². The molecule has 0 heterocycles. The van der Waals surface area contributed by atoms with Crippen LogP contribution in [0.4, 0.5) is 0 Å². The van der Waals surface area contributed by atoms with E-state index in [1.54, 1.807) is 19.1 Å². The van der Waals surface area contributed by atoms with Gasteiger partial charge >= 0.3 is 0 Å². The third-order valence-electron chi connectivity index (χ3n) is 1.77. The van der Waals surface area contributed by atoms with Gasteiger partial charge in [-0.1, -0.05) is 23.7 Å². The maximum Gasteiger partial charge on any atom is 0.0704 e. The van der Waals surface area contributed by atoms with Crippen molar-refractivity contribution in [2.75, 3.05) is 0 Å². The molecule has 66 valence electrons. The van der Waals surface area contributed by atoms with Crippen molar-refractivity contribution in [2.24, 2.45) is 5.73 Å². The van der Waals surface area contributed by atoms with E-state index >= 15 is 0 Å². The monoisotopic (exact) mass is 185 g/mol. The number of halogens is 1. The second kappa shape index (κ2) is 3.90. The first kappa shape index (κ1) is 9.52. The molecule has 1 unspecified atom stereocenters. The number of rotatable bonds is 2. The van der Waals surface area contributed by atoms with Crippen molar-refractivity contribution in [1.29, 1.82) is 0 Å². The first-order valence-electron chi connectivity index (χ1n) is 3.80. The second-order valence-electron chi connectivity index (χ2n) is 2.82. The minimum atomic E-state index is -0.536. The van der Waals surface area contributed by atoms with Gasteiger partial charge in [0.15, 0.2) is 0 Å². The first-order chi connectivity index (χ1) is 5.61. The molecule has 0 aliphatic heterocycles. The summed E-state index contributed by atoms with van der Waals surface area (Å²) in [6, 6.07) is 6.83. The third kappa shape index (κ3) is 2.21. The van der Waals surface area contributed by atoms with Crippen molar-refractivity contribution in [3.8, 4) is 0 Å². The summed E-state index contributed by atoms with van der Waals surface area (Å²) in [5, 5.41) is 9.86. The Labute approximate surface area is 77.0 Å². The minimum absolute atomic E-state index is 0.331. The third-order valence-corrected chi connectivity index (χ3v) is 2.03. The molecular formula is C9H12ClNO. The zero-order valence-corrected chi connectivity index (χ0v) is 7.62. The first-order valence-corrected chi connectivity index (χ1v) is 4.18. The van der Waals surface area contributed by atoms with Crippen LogP contribution in [0.1, 0.15) is 18.5 Å². The molecule has 1 rings (SSSR count). The molecule has 2 atom stereocenters. The molecule has 3 heteroatoms. The van der Waals surface area contributed by atoms with Crippen LogP contribution in [-0.2, 0) is 0 Å². The van der Waals surface area contributed by atoms with Crippen molar-refractivity contribution in [2.45, 2.75) is 19.1 Å². The standard InChI is InChI=1S/C9H12ClNO/c1-6(12)9(11)7-2-4-8(10)5-3-7/h2-6,9,12H,11H2,1H3/t6?,9-/m1/s1. The summed E-state index contributed by atoms with van der Waals surface area (Å²) in [5.41, 5.74) is 6.59. The Bertz CT molecular complexity index is 245.